The maximum atomic E-state index is 13.8. The maximum absolute atomic E-state index is 13.8. The van der Waals surface area contributed by atoms with E-state index in [4.69, 9.17) is 15.0 Å². The van der Waals surface area contributed by atoms with Gasteiger partial charge in [-0.05, 0) is 42.5 Å². The summed E-state index contributed by atoms with van der Waals surface area (Å²) in [5.74, 6) is -3.93. The number of nitrogens with one attached hydrogen (secondary N) is 3. The number of hydrogen-bond acceptors (Lipinski definition) is 11. The smallest absolute Gasteiger partial charge is 0.330 e. The SMILES string of the molecule is Cc1ccccc1CNC(=O)[C@@H]1CSCN1C(=O)[C@@H](O)[C@H](Cc1ccccc1)NC(=O)C(C)C(C)C(=O)OCC1OC(n2cc(C)c(=O)[nH]c2=O)CC1N=[N+]=[N-]. The van der Waals surface area contributed by atoms with Gasteiger partial charge in [-0.15, -0.1) is 11.8 Å². The Bertz CT molecular complexity index is 2070. The van der Waals surface area contributed by atoms with E-state index in [1.165, 1.54) is 48.2 Å². The predicted molar refractivity (Wildman–Crippen MR) is 206 cm³/mol. The Balaban J connectivity index is 1.22. The van der Waals surface area contributed by atoms with Crippen molar-refractivity contribution in [2.45, 2.75) is 83.6 Å². The first kappa shape index (κ1) is 41.7. The first-order valence-corrected chi connectivity index (χ1v) is 19.4. The van der Waals surface area contributed by atoms with Crippen LogP contribution in [0.5, 0.6) is 0 Å². The first-order chi connectivity index (χ1) is 26.8. The summed E-state index contributed by atoms with van der Waals surface area (Å²) in [5.41, 5.74) is 10.8. The van der Waals surface area contributed by atoms with E-state index in [0.717, 1.165) is 16.7 Å². The molecule has 2 saturated heterocycles. The minimum Gasteiger partial charge on any atom is -0.463 e. The average Bonchev–Trinajstić information content (AvgIpc) is 3.85. The van der Waals surface area contributed by atoms with E-state index in [2.05, 4.69) is 25.6 Å². The van der Waals surface area contributed by atoms with Gasteiger partial charge in [-0.1, -0.05) is 73.6 Å². The zero-order valence-corrected chi connectivity index (χ0v) is 32.3. The molecule has 2 aliphatic heterocycles. The molecular weight excluding hydrogens is 745 g/mol. The van der Waals surface area contributed by atoms with Crippen LogP contribution in [0, 0.1) is 25.7 Å². The second kappa shape index (κ2) is 18.9. The molecule has 0 spiro atoms. The molecular formula is C38H46N8O9S. The Kier molecular flexibility index (Phi) is 14.1. The second-order valence-electron chi connectivity index (χ2n) is 14.0. The van der Waals surface area contributed by atoms with E-state index in [9.17, 15) is 33.9 Å². The Morgan fingerprint density at radius 3 is 2.50 bits per heavy atom. The fraction of sp³-hybridized carbons (Fsp3) is 0.474. The normalized spacial score (nSPS) is 21.3. The summed E-state index contributed by atoms with van der Waals surface area (Å²) in [6.45, 7) is 6.39. The molecule has 3 heterocycles. The number of rotatable bonds is 15. The Hall–Kier alpha value is -5.42. The summed E-state index contributed by atoms with van der Waals surface area (Å²) in [4.78, 5) is 84.7. The van der Waals surface area contributed by atoms with Crippen LogP contribution >= 0.6 is 11.8 Å². The monoisotopic (exact) mass is 790 g/mol. The summed E-state index contributed by atoms with van der Waals surface area (Å²) in [6, 6.07) is 13.9. The summed E-state index contributed by atoms with van der Waals surface area (Å²) in [7, 11) is 0. The molecule has 5 rings (SSSR count). The van der Waals surface area contributed by atoms with Crippen LogP contribution in [0.3, 0.4) is 0 Å². The molecule has 18 heteroatoms. The molecule has 17 nitrogen and oxygen atoms in total. The lowest BCUT2D eigenvalue weighted by Gasteiger charge is -2.31. The van der Waals surface area contributed by atoms with E-state index in [0.29, 0.717) is 5.75 Å². The van der Waals surface area contributed by atoms with Gasteiger partial charge in [0.2, 0.25) is 11.8 Å². The summed E-state index contributed by atoms with van der Waals surface area (Å²) >= 11 is 1.38. The molecule has 3 amide bonds. The van der Waals surface area contributed by atoms with E-state index in [1.807, 2.05) is 37.3 Å². The number of aliphatic hydroxyl groups is 1. The molecule has 0 aliphatic carbocycles. The van der Waals surface area contributed by atoms with Gasteiger partial charge in [0, 0.05) is 41.3 Å². The number of aromatic nitrogens is 2. The standard InChI is InChI=1S/C38H46N8O9S/c1-21-10-8-9-13-26(21)16-40-35(50)29-19-56-20-46(29)36(51)32(47)28(14-25-11-6-5-7-12-25)41-34(49)23(3)24(4)37(52)54-18-30-27(43-44-39)15-31(55-30)45-17-22(2)33(48)42-38(45)53/h5-13,17,23-24,27-32,47H,14-16,18-20H2,1-4H3,(H,40,50)(H,41,49)(H,42,48,53)/t23?,24?,27?,28-,29-,30?,31?,32-/m0/s1. The molecule has 2 aliphatic rings. The third-order valence-corrected chi connectivity index (χ3v) is 11.2. The second-order valence-corrected chi connectivity index (χ2v) is 15.0. The van der Waals surface area contributed by atoms with Crippen LogP contribution < -0.4 is 21.9 Å². The zero-order chi connectivity index (χ0) is 40.5. The van der Waals surface area contributed by atoms with Crippen LogP contribution in [0.25, 0.3) is 10.4 Å². The number of esters is 1. The van der Waals surface area contributed by atoms with Gasteiger partial charge < -0.3 is 30.1 Å². The average molecular weight is 791 g/mol. The Labute approximate surface area is 326 Å². The Morgan fingerprint density at radius 2 is 1.79 bits per heavy atom. The fourth-order valence-corrected chi connectivity index (χ4v) is 7.67. The highest BCUT2D eigenvalue weighted by Gasteiger charge is 2.41. The van der Waals surface area contributed by atoms with Crippen molar-refractivity contribution in [1.29, 1.82) is 0 Å². The zero-order valence-electron chi connectivity index (χ0n) is 31.5. The van der Waals surface area contributed by atoms with Crippen LogP contribution in [0.1, 0.15) is 48.8 Å². The van der Waals surface area contributed by atoms with E-state index in [-0.39, 0.29) is 43.3 Å². The van der Waals surface area contributed by atoms with Crippen molar-refractivity contribution in [1.82, 2.24) is 25.1 Å². The number of amides is 3. The van der Waals surface area contributed by atoms with Gasteiger partial charge in [-0.2, -0.15) is 0 Å². The number of thioether (sulfide) groups is 1. The van der Waals surface area contributed by atoms with Gasteiger partial charge in [-0.3, -0.25) is 33.5 Å². The van der Waals surface area contributed by atoms with Gasteiger partial charge in [0.25, 0.3) is 11.5 Å². The lowest BCUT2D eigenvalue weighted by molar-refractivity contribution is -0.157. The minimum atomic E-state index is -1.72. The predicted octanol–water partition coefficient (Wildman–Crippen LogP) is 2.24. The van der Waals surface area contributed by atoms with Crippen LogP contribution in [-0.2, 0) is 41.6 Å². The number of hydrogen-bond donors (Lipinski definition) is 4. The highest BCUT2D eigenvalue weighted by molar-refractivity contribution is 7.99. The quantitative estimate of drug-likeness (QED) is 0.0758. The molecule has 56 heavy (non-hydrogen) atoms. The van der Waals surface area contributed by atoms with Crippen molar-refractivity contribution in [3.63, 3.8) is 0 Å². The highest BCUT2D eigenvalue weighted by atomic mass is 32.2. The molecule has 1 aromatic heterocycles. The number of carbonyl (C=O) groups excluding carboxylic acids is 4. The number of nitrogens with zero attached hydrogens (tertiary/aromatic N) is 5. The minimum absolute atomic E-state index is 0.0742. The van der Waals surface area contributed by atoms with Crippen molar-refractivity contribution < 1.29 is 33.8 Å². The Morgan fingerprint density at radius 1 is 1.07 bits per heavy atom. The number of aromatic amines is 1. The lowest BCUT2D eigenvalue weighted by Crippen LogP contribution is -2.57. The topological polar surface area (TPSA) is 238 Å². The van der Waals surface area contributed by atoms with Crippen molar-refractivity contribution in [3.8, 4) is 0 Å². The molecule has 3 aromatic rings. The van der Waals surface area contributed by atoms with Crippen molar-refractivity contribution in [3.05, 3.63) is 114 Å². The van der Waals surface area contributed by atoms with Crippen molar-refractivity contribution in [2.24, 2.45) is 17.0 Å². The van der Waals surface area contributed by atoms with Gasteiger partial charge >= 0.3 is 11.7 Å². The molecule has 8 atom stereocenters. The van der Waals surface area contributed by atoms with Gasteiger partial charge in [-0.25, -0.2) is 4.79 Å². The molecule has 5 unspecified atom stereocenters. The van der Waals surface area contributed by atoms with Crippen LogP contribution in [-0.4, -0.2) is 91.8 Å². The highest BCUT2D eigenvalue weighted by Crippen LogP contribution is 2.31. The number of aryl methyl sites for hydroxylation is 2. The largest absolute Gasteiger partial charge is 0.463 e. The summed E-state index contributed by atoms with van der Waals surface area (Å²) in [6.07, 6.45) is -2.07. The molecule has 298 valence electrons. The van der Waals surface area contributed by atoms with Crippen LogP contribution in [0.4, 0.5) is 0 Å². The van der Waals surface area contributed by atoms with E-state index >= 15 is 0 Å². The number of aliphatic hydroxyl groups excluding tert-OH is 1. The maximum Gasteiger partial charge on any atom is 0.330 e. The third kappa shape index (κ3) is 10.1. The van der Waals surface area contributed by atoms with Crippen molar-refractivity contribution >= 4 is 35.5 Å². The number of azide groups is 1. The van der Waals surface area contributed by atoms with Gasteiger partial charge in [0.05, 0.1) is 23.9 Å². The molecule has 0 radical (unpaired) electrons. The van der Waals surface area contributed by atoms with Crippen LogP contribution in [0.15, 0.2) is 75.5 Å². The third-order valence-electron chi connectivity index (χ3n) is 10.2. The summed E-state index contributed by atoms with van der Waals surface area (Å²) < 4.78 is 12.6. The molecule has 0 bridgehead atoms. The lowest BCUT2D eigenvalue weighted by atomic mass is 9.93. The number of H-pyrrole nitrogens is 1. The summed E-state index contributed by atoms with van der Waals surface area (Å²) in [5, 5.41) is 20.9. The van der Waals surface area contributed by atoms with E-state index in [1.54, 1.807) is 24.3 Å². The molecule has 2 fully saturated rings. The van der Waals surface area contributed by atoms with E-state index < -0.39 is 77.4 Å². The fourth-order valence-electron chi connectivity index (χ4n) is 6.50. The van der Waals surface area contributed by atoms with Gasteiger partial charge in [0.15, 0.2) is 6.10 Å². The van der Waals surface area contributed by atoms with Gasteiger partial charge in [0.1, 0.15) is 25.0 Å². The number of benzene rings is 2. The van der Waals surface area contributed by atoms with Crippen molar-refractivity contribution in [2.75, 3.05) is 18.2 Å². The number of ether oxygens (including phenoxy) is 2. The molecule has 4 N–H and O–H groups in total. The molecule has 0 saturated carbocycles. The first-order valence-electron chi connectivity index (χ1n) is 18.2. The number of carbonyl (C=O) groups is 4. The molecule has 2 aromatic carbocycles. The van der Waals surface area contributed by atoms with Crippen LogP contribution in [0.2, 0.25) is 0 Å².